The molecule has 0 unspecified atom stereocenters. The Morgan fingerprint density at radius 1 is 1.04 bits per heavy atom. The Kier molecular flexibility index (Phi) is 5.11. The fraction of sp³-hybridized carbons (Fsp3) is 0.200. The predicted molar refractivity (Wildman–Crippen MR) is 98.9 cm³/mol. The highest BCUT2D eigenvalue weighted by atomic mass is 19.1. The van der Waals surface area contributed by atoms with Gasteiger partial charge in [-0.2, -0.15) is 0 Å². The van der Waals surface area contributed by atoms with E-state index in [1.807, 2.05) is 38.1 Å². The molecule has 1 heterocycles. The summed E-state index contributed by atoms with van der Waals surface area (Å²) in [5.41, 5.74) is 2.13. The number of nitrogens with one attached hydrogen (secondary N) is 2. The summed E-state index contributed by atoms with van der Waals surface area (Å²) in [7, 11) is 0. The van der Waals surface area contributed by atoms with Gasteiger partial charge < -0.3 is 10.6 Å². The van der Waals surface area contributed by atoms with Crippen molar-refractivity contribution in [2.75, 3.05) is 10.6 Å². The van der Waals surface area contributed by atoms with Crippen molar-refractivity contribution < 1.29 is 13.6 Å². The number of benzene rings is 2. The number of carbonyl (C=O) groups excluding carboxylic acids is 1. The van der Waals surface area contributed by atoms with Gasteiger partial charge in [0.25, 0.3) is 0 Å². The Morgan fingerprint density at radius 2 is 1.73 bits per heavy atom. The molecule has 2 aromatic carbocycles. The first-order valence-electron chi connectivity index (χ1n) is 8.32. The Hall–Kier alpha value is -3.02. The molecule has 0 radical (unpaired) electrons. The average molecular weight is 355 g/mol. The molecule has 0 saturated heterocycles. The van der Waals surface area contributed by atoms with Gasteiger partial charge >= 0.3 is 0 Å². The van der Waals surface area contributed by atoms with Crippen LogP contribution in [0.25, 0.3) is 10.9 Å². The van der Waals surface area contributed by atoms with Crippen LogP contribution in [0.3, 0.4) is 0 Å². The molecule has 0 aliphatic carbocycles. The molecule has 0 spiro atoms. The summed E-state index contributed by atoms with van der Waals surface area (Å²) >= 11 is 0. The Labute approximate surface area is 150 Å². The molecule has 3 rings (SSSR count). The minimum atomic E-state index is -0.560. The molecule has 0 saturated carbocycles. The summed E-state index contributed by atoms with van der Waals surface area (Å²) in [6, 6.07) is 11.1. The standard InChI is InChI=1S/C20H19F2N3O/c1-12(2)20(26)25-14-5-3-13(4-6-14)11-24-17-9-10-23-19-16(22)8-7-15(21)18(17)19/h3-10,12H,11H2,1-2H3,(H,23,24)(H,25,26). The molecule has 0 bridgehead atoms. The lowest BCUT2D eigenvalue weighted by molar-refractivity contribution is -0.118. The Balaban J connectivity index is 1.75. The zero-order valence-electron chi connectivity index (χ0n) is 14.5. The molecular formula is C20H19F2N3O. The molecule has 3 aromatic rings. The minimum Gasteiger partial charge on any atom is -0.380 e. The summed E-state index contributed by atoms with van der Waals surface area (Å²) in [6.07, 6.45) is 1.44. The molecule has 1 aromatic heterocycles. The van der Waals surface area contributed by atoms with Gasteiger partial charge in [0.15, 0.2) is 0 Å². The van der Waals surface area contributed by atoms with Gasteiger partial charge in [0.1, 0.15) is 17.2 Å². The van der Waals surface area contributed by atoms with Crippen molar-refractivity contribution in [3.05, 3.63) is 65.9 Å². The second kappa shape index (κ2) is 7.47. The van der Waals surface area contributed by atoms with E-state index in [9.17, 15) is 13.6 Å². The van der Waals surface area contributed by atoms with E-state index in [-0.39, 0.29) is 22.7 Å². The van der Waals surface area contributed by atoms with Crippen LogP contribution in [-0.2, 0) is 11.3 Å². The first-order chi connectivity index (χ1) is 12.5. The second-order valence-electron chi connectivity index (χ2n) is 6.31. The number of rotatable bonds is 5. The second-order valence-corrected chi connectivity index (χ2v) is 6.31. The Morgan fingerprint density at radius 3 is 2.42 bits per heavy atom. The van der Waals surface area contributed by atoms with Gasteiger partial charge in [-0.3, -0.25) is 9.78 Å². The summed E-state index contributed by atoms with van der Waals surface area (Å²) in [5.74, 6) is -1.22. The lowest BCUT2D eigenvalue weighted by atomic mass is 10.1. The van der Waals surface area contributed by atoms with Gasteiger partial charge in [-0.25, -0.2) is 8.78 Å². The normalized spacial score (nSPS) is 11.0. The van der Waals surface area contributed by atoms with Crippen molar-refractivity contribution in [3.8, 4) is 0 Å². The number of pyridine rings is 1. The zero-order chi connectivity index (χ0) is 18.7. The van der Waals surface area contributed by atoms with Crippen molar-refractivity contribution >= 4 is 28.2 Å². The zero-order valence-corrected chi connectivity index (χ0v) is 14.5. The van der Waals surface area contributed by atoms with Gasteiger partial charge in [0.05, 0.1) is 5.39 Å². The third-order valence-electron chi connectivity index (χ3n) is 4.02. The van der Waals surface area contributed by atoms with E-state index in [2.05, 4.69) is 15.6 Å². The van der Waals surface area contributed by atoms with E-state index in [4.69, 9.17) is 0 Å². The van der Waals surface area contributed by atoms with E-state index in [0.29, 0.717) is 12.2 Å². The third kappa shape index (κ3) is 3.79. The molecule has 2 N–H and O–H groups in total. The van der Waals surface area contributed by atoms with Gasteiger partial charge in [0, 0.05) is 30.0 Å². The molecule has 0 fully saturated rings. The van der Waals surface area contributed by atoms with Gasteiger partial charge in [0.2, 0.25) is 5.91 Å². The number of amides is 1. The highest BCUT2D eigenvalue weighted by Crippen LogP contribution is 2.27. The van der Waals surface area contributed by atoms with Crippen LogP contribution >= 0.6 is 0 Å². The van der Waals surface area contributed by atoms with Crippen LogP contribution in [0.5, 0.6) is 0 Å². The fourth-order valence-corrected chi connectivity index (χ4v) is 2.53. The number of halogens is 2. The van der Waals surface area contributed by atoms with Gasteiger partial charge in [-0.05, 0) is 35.9 Å². The smallest absolute Gasteiger partial charge is 0.226 e. The van der Waals surface area contributed by atoms with Crippen molar-refractivity contribution in [2.45, 2.75) is 20.4 Å². The van der Waals surface area contributed by atoms with E-state index in [1.54, 1.807) is 6.07 Å². The third-order valence-corrected chi connectivity index (χ3v) is 4.02. The number of hydrogen-bond donors (Lipinski definition) is 2. The summed E-state index contributed by atoms with van der Waals surface area (Å²) in [6.45, 7) is 4.08. The van der Waals surface area contributed by atoms with Gasteiger partial charge in [-0.1, -0.05) is 26.0 Å². The van der Waals surface area contributed by atoms with Crippen LogP contribution in [0.1, 0.15) is 19.4 Å². The quantitative estimate of drug-likeness (QED) is 0.696. The first-order valence-corrected chi connectivity index (χ1v) is 8.32. The minimum absolute atomic E-state index is 0.00162. The van der Waals surface area contributed by atoms with Crippen LogP contribution in [0.2, 0.25) is 0 Å². The number of aromatic nitrogens is 1. The molecule has 134 valence electrons. The van der Waals surface area contributed by atoms with Crippen molar-refractivity contribution in [2.24, 2.45) is 5.92 Å². The van der Waals surface area contributed by atoms with Crippen LogP contribution < -0.4 is 10.6 Å². The largest absolute Gasteiger partial charge is 0.380 e. The predicted octanol–water partition coefficient (Wildman–Crippen LogP) is 4.72. The number of carbonyl (C=O) groups is 1. The van der Waals surface area contributed by atoms with E-state index in [0.717, 1.165) is 23.4 Å². The summed E-state index contributed by atoms with van der Waals surface area (Å²) in [4.78, 5) is 15.6. The highest BCUT2D eigenvalue weighted by Gasteiger charge is 2.11. The van der Waals surface area contributed by atoms with Gasteiger partial charge in [-0.15, -0.1) is 0 Å². The molecule has 1 amide bonds. The SMILES string of the molecule is CC(C)C(=O)Nc1ccc(CNc2ccnc3c(F)ccc(F)c23)cc1. The Bertz CT molecular complexity index is 940. The summed E-state index contributed by atoms with van der Waals surface area (Å²) < 4.78 is 27.9. The highest BCUT2D eigenvalue weighted by molar-refractivity contribution is 5.92. The maximum Gasteiger partial charge on any atom is 0.226 e. The molecule has 0 atom stereocenters. The topological polar surface area (TPSA) is 54.0 Å². The maximum atomic E-state index is 14.1. The molecule has 0 aliphatic heterocycles. The van der Waals surface area contributed by atoms with Crippen molar-refractivity contribution in [1.82, 2.24) is 4.98 Å². The fourth-order valence-electron chi connectivity index (χ4n) is 2.53. The van der Waals surface area contributed by atoms with Crippen LogP contribution in [0.4, 0.5) is 20.2 Å². The maximum absolute atomic E-state index is 14.1. The van der Waals surface area contributed by atoms with E-state index >= 15 is 0 Å². The molecule has 26 heavy (non-hydrogen) atoms. The van der Waals surface area contributed by atoms with E-state index in [1.165, 1.54) is 6.20 Å². The molecule has 6 heteroatoms. The number of fused-ring (bicyclic) bond motifs is 1. The van der Waals surface area contributed by atoms with Crippen molar-refractivity contribution in [3.63, 3.8) is 0 Å². The monoisotopic (exact) mass is 355 g/mol. The number of nitrogens with zero attached hydrogens (tertiary/aromatic N) is 1. The van der Waals surface area contributed by atoms with E-state index < -0.39 is 11.6 Å². The number of anilines is 2. The van der Waals surface area contributed by atoms with Crippen LogP contribution in [-0.4, -0.2) is 10.9 Å². The average Bonchev–Trinajstić information content (AvgIpc) is 2.64. The lowest BCUT2D eigenvalue weighted by Crippen LogP contribution is -2.17. The first kappa shape index (κ1) is 17.8. The van der Waals surface area contributed by atoms with Crippen LogP contribution in [0, 0.1) is 17.6 Å². The molecule has 0 aliphatic rings. The molecular weight excluding hydrogens is 336 g/mol. The molecule has 4 nitrogen and oxygen atoms in total. The van der Waals surface area contributed by atoms with Crippen LogP contribution in [0.15, 0.2) is 48.7 Å². The number of hydrogen-bond acceptors (Lipinski definition) is 3. The lowest BCUT2D eigenvalue weighted by Gasteiger charge is -2.12. The van der Waals surface area contributed by atoms with Crippen molar-refractivity contribution in [1.29, 1.82) is 0 Å². The summed E-state index contributed by atoms with van der Waals surface area (Å²) in [5, 5.41) is 6.07.